The summed E-state index contributed by atoms with van der Waals surface area (Å²) in [6.45, 7) is 0. The molecule has 0 aliphatic heterocycles. The lowest BCUT2D eigenvalue weighted by atomic mass is 9.85. The van der Waals surface area contributed by atoms with Crippen molar-refractivity contribution in [1.29, 1.82) is 0 Å². The predicted octanol–water partition coefficient (Wildman–Crippen LogP) is -4.35. The third kappa shape index (κ3) is 6.09. The van der Waals surface area contributed by atoms with Crippen LogP contribution in [0.1, 0.15) is 0 Å². The van der Waals surface area contributed by atoms with Crippen molar-refractivity contribution >= 4 is 31.2 Å². The summed E-state index contributed by atoms with van der Waals surface area (Å²) in [5, 5.41) is 28.8. The standard InChI is InChI=1S/C6H12O15S3/c7-1-2(8)4(19-22(10,11)12)6(21-24(16,17)18)5(3(1)9)20-23(13,14)15/h1-9H,(H,10,11,12)(H,13,14,15)(H,16,17,18)/t1?,2-,3+,4+,5-,6?. The molecule has 1 fully saturated rings. The van der Waals surface area contributed by atoms with Gasteiger partial charge < -0.3 is 15.3 Å². The summed E-state index contributed by atoms with van der Waals surface area (Å²) in [7, 11) is -16.3. The van der Waals surface area contributed by atoms with E-state index < -0.39 is 67.8 Å². The maximum Gasteiger partial charge on any atom is 0.397 e. The van der Waals surface area contributed by atoms with Crippen LogP contribution in [0.4, 0.5) is 0 Å². The molecule has 6 N–H and O–H groups in total. The molecule has 0 heterocycles. The fourth-order valence-electron chi connectivity index (χ4n) is 1.92. The van der Waals surface area contributed by atoms with Crippen LogP contribution in [0.2, 0.25) is 0 Å². The first-order chi connectivity index (χ1) is 10.5. The summed E-state index contributed by atoms with van der Waals surface area (Å²) < 4.78 is 102. The first-order valence-corrected chi connectivity index (χ1v) is 9.62. The second-order valence-electron chi connectivity index (χ2n) is 4.44. The van der Waals surface area contributed by atoms with E-state index in [2.05, 4.69) is 12.5 Å². The highest BCUT2D eigenvalue weighted by Gasteiger charge is 2.55. The molecule has 0 bridgehead atoms. The zero-order chi connectivity index (χ0) is 19.1. The average Bonchev–Trinajstić information content (AvgIpc) is 2.32. The molecule has 1 aliphatic carbocycles. The molecule has 0 radical (unpaired) electrons. The van der Waals surface area contributed by atoms with Crippen molar-refractivity contribution in [2.45, 2.75) is 36.6 Å². The Morgan fingerprint density at radius 2 is 0.750 bits per heavy atom. The molecule has 24 heavy (non-hydrogen) atoms. The van der Waals surface area contributed by atoms with Gasteiger partial charge in [-0.05, 0) is 0 Å². The van der Waals surface area contributed by atoms with Gasteiger partial charge in [0.1, 0.15) is 36.6 Å². The summed E-state index contributed by atoms with van der Waals surface area (Å²) in [5.41, 5.74) is 0. The summed E-state index contributed by atoms with van der Waals surface area (Å²) in [4.78, 5) is 0. The third-order valence-corrected chi connectivity index (χ3v) is 4.12. The van der Waals surface area contributed by atoms with Crippen LogP contribution < -0.4 is 0 Å². The Morgan fingerprint density at radius 1 is 0.500 bits per heavy atom. The van der Waals surface area contributed by atoms with E-state index in [1.54, 1.807) is 0 Å². The van der Waals surface area contributed by atoms with Gasteiger partial charge in [0.25, 0.3) is 0 Å². The fraction of sp³-hybridized carbons (Fsp3) is 1.00. The van der Waals surface area contributed by atoms with Gasteiger partial charge in [-0.3, -0.25) is 13.7 Å². The molecule has 0 spiro atoms. The molecule has 1 saturated carbocycles. The highest BCUT2D eigenvalue weighted by atomic mass is 32.3. The minimum atomic E-state index is -5.48. The molecule has 15 nitrogen and oxygen atoms in total. The van der Waals surface area contributed by atoms with Crippen molar-refractivity contribution in [3.63, 3.8) is 0 Å². The Bertz CT molecular complexity index is 703. The molecule has 0 aromatic rings. The first kappa shape index (κ1) is 21.5. The predicted molar refractivity (Wildman–Crippen MR) is 67.3 cm³/mol. The molecule has 18 heteroatoms. The molecule has 0 amide bonds. The highest BCUT2D eigenvalue weighted by molar-refractivity contribution is 7.81. The van der Waals surface area contributed by atoms with Gasteiger partial charge in [0.15, 0.2) is 0 Å². The normalized spacial score (nSPS) is 35.8. The van der Waals surface area contributed by atoms with E-state index >= 15 is 0 Å². The van der Waals surface area contributed by atoms with Crippen LogP contribution in [0.15, 0.2) is 0 Å². The van der Waals surface area contributed by atoms with E-state index in [4.69, 9.17) is 13.7 Å². The quantitative estimate of drug-likeness (QED) is 0.222. The van der Waals surface area contributed by atoms with Crippen LogP contribution in [0, 0.1) is 0 Å². The molecule has 2 unspecified atom stereocenters. The second-order valence-corrected chi connectivity index (χ2v) is 7.58. The largest absolute Gasteiger partial charge is 0.397 e. The van der Waals surface area contributed by atoms with E-state index in [1.165, 1.54) is 0 Å². The SMILES string of the molecule is O=S(=O)(O)OC1[C@@H](OS(=O)(=O)O)[C@H](O)C(O)[C@H](O)[C@H]1OS(=O)(=O)O. The van der Waals surface area contributed by atoms with E-state index in [0.29, 0.717) is 0 Å². The van der Waals surface area contributed by atoms with E-state index in [-0.39, 0.29) is 0 Å². The van der Waals surface area contributed by atoms with Crippen LogP contribution in [0.3, 0.4) is 0 Å². The summed E-state index contributed by atoms with van der Waals surface area (Å²) in [6.07, 6.45) is -15.1. The summed E-state index contributed by atoms with van der Waals surface area (Å²) in [6, 6.07) is 0. The minimum Gasteiger partial charge on any atom is -0.387 e. The van der Waals surface area contributed by atoms with Crippen LogP contribution in [0.25, 0.3) is 0 Å². The minimum absolute atomic E-state index is 2.40. The van der Waals surface area contributed by atoms with Crippen LogP contribution in [0.5, 0.6) is 0 Å². The topological polar surface area (TPSA) is 251 Å². The lowest BCUT2D eigenvalue weighted by Crippen LogP contribution is -2.66. The Hall–Kier alpha value is -0.510. The second kappa shape index (κ2) is 7.01. The molecular formula is C6H12O15S3. The zero-order valence-corrected chi connectivity index (χ0v) is 13.5. The van der Waals surface area contributed by atoms with Crippen molar-refractivity contribution in [2.75, 3.05) is 0 Å². The van der Waals surface area contributed by atoms with E-state index in [9.17, 15) is 40.6 Å². The van der Waals surface area contributed by atoms with Crippen LogP contribution in [-0.2, 0) is 43.7 Å². The van der Waals surface area contributed by atoms with Crippen molar-refractivity contribution in [3.05, 3.63) is 0 Å². The number of aliphatic hydroxyl groups is 3. The van der Waals surface area contributed by atoms with Gasteiger partial charge in [-0.1, -0.05) is 0 Å². The molecule has 144 valence electrons. The fourth-order valence-corrected chi connectivity index (χ4v) is 3.43. The summed E-state index contributed by atoms with van der Waals surface area (Å²) >= 11 is 0. The molecule has 1 rings (SSSR count). The Kier molecular flexibility index (Phi) is 6.29. The lowest BCUT2D eigenvalue weighted by molar-refractivity contribution is -0.205. The molecule has 0 aromatic heterocycles. The maximum atomic E-state index is 10.8. The van der Waals surface area contributed by atoms with Gasteiger partial charge in [-0.2, -0.15) is 25.3 Å². The number of aliphatic hydroxyl groups excluding tert-OH is 3. The van der Waals surface area contributed by atoms with Crippen molar-refractivity contribution in [2.24, 2.45) is 0 Å². The molecular weight excluding hydrogens is 408 g/mol. The number of rotatable bonds is 6. The lowest BCUT2D eigenvalue weighted by Gasteiger charge is -2.42. The van der Waals surface area contributed by atoms with Crippen LogP contribution >= 0.6 is 0 Å². The van der Waals surface area contributed by atoms with E-state index in [1.807, 2.05) is 0 Å². The Balaban J connectivity index is 3.40. The molecule has 0 saturated heterocycles. The van der Waals surface area contributed by atoms with Crippen LogP contribution in [-0.4, -0.2) is 90.9 Å². The van der Waals surface area contributed by atoms with Crippen molar-refractivity contribution < 1.29 is 66.8 Å². The van der Waals surface area contributed by atoms with Crippen molar-refractivity contribution in [1.82, 2.24) is 0 Å². The number of hydrogen-bond donors (Lipinski definition) is 6. The van der Waals surface area contributed by atoms with Gasteiger partial charge in [-0.15, -0.1) is 0 Å². The van der Waals surface area contributed by atoms with Gasteiger partial charge in [0.2, 0.25) is 0 Å². The molecule has 1 aliphatic rings. The van der Waals surface area contributed by atoms with E-state index in [0.717, 1.165) is 0 Å². The molecule has 6 atom stereocenters. The van der Waals surface area contributed by atoms with Gasteiger partial charge in [0.05, 0.1) is 0 Å². The van der Waals surface area contributed by atoms with Gasteiger partial charge in [-0.25, -0.2) is 12.5 Å². The number of hydrogen-bond acceptors (Lipinski definition) is 12. The Labute approximate surface area is 135 Å². The third-order valence-electron chi connectivity index (χ3n) is 2.72. The first-order valence-electron chi connectivity index (χ1n) is 5.53. The monoisotopic (exact) mass is 420 g/mol. The zero-order valence-electron chi connectivity index (χ0n) is 11.0. The highest BCUT2D eigenvalue weighted by Crippen LogP contribution is 2.30. The smallest absolute Gasteiger partial charge is 0.387 e. The maximum absolute atomic E-state index is 10.8. The Morgan fingerprint density at radius 3 is 1.00 bits per heavy atom. The average molecular weight is 420 g/mol. The van der Waals surface area contributed by atoms with Gasteiger partial charge >= 0.3 is 31.2 Å². The summed E-state index contributed by atoms with van der Waals surface area (Å²) in [5.74, 6) is 0. The van der Waals surface area contributed by atoms with Gasteiger partial charge in [0, 0.05) is 0 Å². The molecule has 0 aromatic carbocycles. The van der Waals surface area contributed by atoms with Crippen molar-refractivity contribution in [3.8, 4) is 0 Å².